The summed E-state index contributed by atoms with van der Waals surface area (Å²) in [5.74, 6) is -0.817. The minimum absolute atomic E-state index is 0.0516. The van der Waals surface area contributed by atoms with E-state index in [4.69, 9.17) is 24.3 Å². The highest BCUT2D eigenvalue weighted by Crippen LogP contribution is 2.43. The molecular weight excluding hydrogens is 1100 g/mol. The average Bonchev–Trinajstić information content (AvgIpc) is 3.65. The highest BCUT2D eigenvalue weighted by atomic mass is 31.2. The Hall–Kier alpha value is -3.07. The van der Waals surface area contributed by atoms with Crippen LogP contribution in [0.1, 0.15) is 348 Å². The van der Waals surface area contributed by atoms with Crippen LogP contribution in [0.4, 0.5) is 0 Å². The first-order chi connectivity index (χ1) is 42.8. The number of carbonyl (C=O) groups is 2. The van der Waals surface area contributed by atoms with Crippen molar-refractivity contribution in [3.05, 3.63) is 97.2 Å². The van der Waals surface area contributed by atoms with E-state index >= 15 is 0 Å². The summed E-state index contributed by atoms with van der Waals surface area (Å²) in [6.45, 7) is 3.68. The third kappa shape index (κ3) is 71.9. The fraction of sp³-hybridized carbons (Fsp3) is 0.766. The maximum atomic E-state index is 12.8. The highest BCUT2D eigenvalue weighted by Gasteiger charge is 2.26. The molecule has 0 aliphatic rings. The molecule has 0 bridgehead atoms. The van der Waals surface area contributed by atoms with Gasteiger partial charge in [0.1, 0.15) is 6.61 Å². The van der Waals surface area contributed by atoms with Crippen LogP contribution in [-0.4, -0.2) is 49.3 Å². The number of unbranched alkanes of at least 4 members (excludes halogenated alkanes) is 40. The minimum Gasteiger partial charge on any atom is -0.462 e. The number of phosphoric ester groups is 1. The monoisotopic (exact) mass is 1240 g/mol. The van der Waals surface area contributed by atoms with E-state index < -0.39 is 26.5 Å². The van der Waals surface area contributed by atoms with Gasteiger partial charge in [0.25, 0.3) is 0 Å². The number of ether oxygens (including phenoxy) is 2. The maximum absolute atomic E-state index is 12.8. The van der Waals surface area contributed by atoms with Crippen LogP contribution in [0.3, 0.4) is 0 Å². The van der Waals surface area contributed by atoms with Gasteiger partial charge in [-0.05, 0) is 77.0 Å². The van der Waals surface area contributed by atoms with Crippen LogP contribution in [0.2, 0.25) is 0 Å². The number of phosphoric acid groups is 1. The predicted octanol–water partition coefficient (Wildman–Crippen LogP) is 24.3. The van der Waals surface area contributed by atoms with Crippen molar-refractivity contribution in [3.8, 4) is 0 Å². The van der Waals surface area contributed by atoms with Crippen LogP contribution in [0, 0.1) is 0 Å². The maximum Gasteiger partial charge on any atom is 0.472 e. The largest absolute Gasteiger partial charge is 0.472 e. The van der Waals surface area contributed by atoms with Crippen LogP contribution < -0.4 is 5.73 Å². The van der Waals surface area contributed by atoms with E-state index in [0.29, 0.717) is 6.42 Å². The van der Waals surface area contributed by atoms with Crippen molar-refractivity contribution in [2.45, 2.75) is 354 Å². The van der Waals surface area contributed by atoms with Gasteiger partial charge in [0.2, 0.25) is 0 Å². The Balaban J connectivity index is 3.87. The number of allylic oxidation sites excluding steroid dienone is 16. The zero-order valence-electron chi connectivity index (χ0n) is 56.7. The van der Waals surface area contributed by atoms with Crippen molar-refractivity contribution in [2.75, 3.05) is 26.4 Å². The lowest BCUT2D eigenvalue weighted by atomic mass is 10.0. The molecule has 504 valence electrons. The van der Waals surface area contributed by atoms with E-state index in [1.807, 2.05) is 0 Å². The number of carbonyl (C=O) groups excluding carboxylic acids is 2. The Morgan fingerprint density at radius 2 is 0.632 bits per heavy atom. The van der Waals surface area contributed by atoms with Crippen molar-refractivity contribution < 1.29 is 37.6 Å². The standard InChI is InChI=1S/C77H138NO8P/c1-3-5-7-9-11-13-15-17-19-21-23-25-27-29-31-33-34-35-36-37-38-39-40-42-44-46-48-50-52-54-56-58-60-62-64-66-68-70-77(80)86-75(74-85-87(81,82)84-72-71-78)73-83-76(79)69-67-65-63-61-59-57-55-53-51-49-47-45-43-41-32-30-28-26-24-22-20-18-16-14-12-10-8-6-4-2/h5,7,11,13,17,19,23,25,29,31,34-35,37-38,40,42,75H,3-4,6,8-10,12,14-16,18,20-22,24,26-28,30,32-33,36,39,41,43-74,78H2,1-2H3,(H,81,82)/b7-5-,13-11-,19-17-,25-23-,31-29-,35-34-,38-37-,42-40-. The van der Waals surface area contributed by atoms with E-state index in [1.54, 1.807) is 0 Å². The fourth-order valence-electron chi connectivity index (χ4n) is 10.6. The summed E-state index contributed by atoms with van der Waals surface area (Å²) in [6, 6.07) is 0. The predicted molar refractivity (Wildman–Crippen MR) is 376 cm³/mol. The van der Waals surface area contributed by atoms with Gasteiger partial charge in [-0.1, -0.05) is 355 Å². The smallest absolute Gasteiger partial charge is 0.462 e. The lowest BCUT2D eigenvalue weighted by molar-refractivity contribution is -0.161. The third-order valence-corrected chi connectivity index (χ3v) is 17.0. The van der Waals surface area contributed by atoms with Crippen molar-refractivity contribution >= 4 is 19.8 Å². The van der Waals surface area contributed by atoms with Gasteiger partial charge in [0.05, 0.1) is 13.2 Å². The summed E-state index contributed by atoms with van der Waals surface area (Å²) in [5.41, 5.74) is 5.41. The normalized spacial score (nSPS) is 13.5. The topological polar surface area (TPSA) is 134 Å². The molecular formula is C77H138NO8P. The van der Waals surface area contributed by atoms with Gasteiger partial charge in [0, 0.05) is 19.4 Å². The molecule has 2 atom stereocenters. The molecule has 0 spiro atoms. The number of esters is 2. The van der Waals surface area contributed by atoms with Gasteiger partial charge >= 0.3 is 19.8 Å². The summed E-state index contributed by atoms with van der Waals surface area (Å²) in [6.07, 6.45) is 98.0. The molecule has 2 unspecified atom stereocenters. The molecule has 3 N–H and O–H groups in total. The summed E-state index contributed by atoms with van der Waals surface area (Å²) < 4.78 is 33.2. The Labute approximate surface area is 537 Å². The van der Waals surface area contributed by atoms with E-state index in [9.17, 15) is 19.0 Å². The van der Waals surface area contributed by atoms with Crippen molar-refractivity contribution in [2.24, 2.45) is 5.73 Å². The number of nitrogens with two attached hydrogens (primary N) is 1. The van der Waals surface area contributed by atoms with Crippen molar-refractivity contribution in [1.29, 1.82) is 0 Å². The lowest BCUT2D eigenvalue weighted by Gasteiger charge is -2.19. The Kier molecular flexibility index (Phi) is 69.5. The van der Waals surface area contributed by atoms with Gasteiger partial charge in [-0.15, -0.1) is 0 Å². The fourth-order valence-corrected chi connectivity index (χ4v) is 11.4. The van der Waals surface area contributed by atoms with Crippen LogP contribution in [0.25, 0.3) is 0 Å². The van der Waals surface area contributed by atoms with E-state index in [2.05, 4.69) is 111 Å². The minimum atomic E-state index is -4.40. The number of hydrogen-bond donors (Lipinski definition) is 2. The van der Waals surface area contributed by atoms with E-state index in [0.717, 1.165) is 89.9 Å². The van der Waals surface area contributed by atoms with Crippen LogP contribution in [-0.2, 0) is 32.7 Å². The Bertz CT molecular complexity index is 1750. The number of hydrogen-bond acceptors (Lipinski definition) is 8. The van der Waals surface area contributed by atoms with Gasteiger partial charge in [-0.25, -0.2) is 4.57 Å². The second-order valence-electron chi connectivity index (χ2n) is 24.4. The Morgan fingerprint density at radius 1 is 0.356 bits per heavy atom. The molecule has 0 aliphatic heterocycles. The van der Waals surface area contributed by atoms with Gasteiger partial charge in [-0.3, -0.25) is 18.6 Å². The third-order valence-electron chi connectivity index (χ3n) is 16.0. The second-order valence-corrected chi connectivity index (χ2v) is 25.9. The van der Waals surface area contributed by atoms with Crippen LogP contribution in [0.5, 0.6) is 0 Å². The molecule has 87 heavy (non-hydrogen) atoms. The number of rotatable bonds is 69. The quantitative estimate of drug-likeness (QED) is 0.0264. The molecule has 0 aromatic carbocycles. The molecule has 0 aromatic rings. The zero-order valence-corrected chi connectivity index (χ0v) is 57.6. The molecule has 0 saturated heterocycles. The van der Waals surface area contributed by atoms with Gasteiger partial charge < -0.3 is 20.1 Å². The summed E-state index contributed by atoms with van der Waals surface area (Å²) in [5, 5.41) is 0. The van der Waals surface area contributed by atoms with Crippen LogP contribution in [0.15, 0.2) is 97.2 Å². The first-order valence-electron chi connectivity index (χ1n) is 36.7. The SMILES string of the molecule is CC/C=C\C/C=C\C/C=C\C/C=C\C/C=C\C/C=C\C/C=C\C/C=C\CCCCCCCCCCCCCCC(=O)OC(COC(=O)CCCCCCCCCCCCCCCCCCCCCCCCCCCCCCC)COP(=O)(O)OCCN. The molecule has 0 saturated carbocycles. The van der Waals surface area contributed by atoms with Gasteiger partial charge in [0.15, 0.2) is 6.10 Å². The molecule has 0 aromatic heterocycles. The average molecular weight is 1240 g/mol. The second kappa shape index (κ2) is 72.0. The van der Waals surface area contributed by atoms with E-state index in [-0.39, 0.29) is 38.6 Å². The van der Waals surface area contributed by atoms with E-state index in [1.165, 1.54) is 225 Å². The molecule has 9 nitrogen and oxygen atoms in total. The first-order valence-corrected chi connectivity index (χ1v) is 38.2. The molecule has 0 rings (SSSR count). The summed E-state index contributed by atoms with van der Waals surface area (Å²) >= 11 is 0. The highest BCUT2D eigenvalue weighted by molar-refractivity contribution is 7.47. The van der Waals surface area contributed by atoms with Gasteiger partial charge in [-0.2, -0.15) is 0 Å². The van der Waals surface area contributed by atoms with Crippen molar-refractivity contribution in [1.82, 2.24) is 0 Å². The molecule has 10 heteroatoms. The molecule has 0 heterocycles. The molecule has 0 aliphatic carbocycles. The van der Waals surface area contributed by atoms with Crippen molar-refractivity contribution in [3.63, 3.8) is 0 Å². The summed E-state index contributed by atoms with van der Waals surface area (Å²) in [7, 11) is -4.40. The molecule has 0 fully saturated rings. The first kappa shape index (κ1) is 83.9. The lowest BCUT2D eigenvalue weighted by Crippen LogP contribution is -2.29. The Morgan fingerprint density at radius 3 is 0.943 bits per heavy atom. The van der Waals surface area contributed by atoms with Crippen LogP contribution >= 0.6 is 7.82 Å². The molecule has 0 radical (unpaired) electrons. The zero-order chi connectivity index (χ0) is 63.0. The molecule has 0 amide bonds. The summed E-state index contributed by atoms with van der Waals surface area (Å²) in [4.78, 5) is 35.4.